The lowest BCUT2D eigenvalue weighted by atomic mass is 9.87. The van der Waals surface area contributed by atoms with Crippen LogP contribution in [0.5, 0.6) is 0 Å². The molecule has 1 aromatic carbocycles. The molecule has 5 nitrogen and oxygen atoms in total. The standard InChI is InChI=1S/C23H21N3O2S2/c1-2-28-17(27)12-29-23-21-20(24-13-25-23)18-15-10-6-7-11-16(15)19(26-22(18)30-21)14-8-4-3-5-9-14/h3-5,8-9,13H,2,6-7,10-12H2,1H3. The Bertz CT molecular complexity index is 1240. The number of hydrogen-bond acceptors (Lipinski definition) is 7. The van der Waals surface area contributed by atoms with E-state index in [1.165, 1.54) is 41.1 Å². The van der Waals surface area contributed by atoms with Crippen molar-refractivity contribution < 1.29 is 9.53 Å². The molecular weight excluding hydrogens is 414 g/mol. The van der Waals surface area contributed by atoms with Gasteiger partial charge in [-0.2, -0.15) is 0 Å². The third-order valence-corrected chi connectivity index (χ3v) is 7.54. The van der Waals surface area contributed by atoms with Gasteiger partial charge in [0.25, 0.3) is 0 Å². The molecule has 0 spiro atoms. The van der Waals surface area contributed by atoms with Gasteiger partial charge in [0.1, 0.15) is 16.2 Å². The predicted molar refractivity (Wildman–Crippen MR) is 122 cm³/mol. The van der Waals surface area contributed by atoms with E-state index in [2.05, 4.69) is 34.2 Å². The van der Waals surface area contributed by atoms with Crippen LogP contribution in [-0.4, -0.2) is 33.3 Å². The van der Waals surface area contributed by atoms with Crippen LogP contribution in [0, 0.1) is 0 Å². The number of ether oxygens (including phenoxy) is 1. The highest BCUT2D eigenvalue weighted by Gasteiger charge is 2.24. The monoisotopic (exact) mass is 435 g/mol. The van der Waals surface area contributed by atoms with Crippen molar-refractivity contribution in [2.75, 3.05) is 12.4 Å². The molecule has 1 aliphatic carbocycles. The van der Waals surface area contributed by atoms with Gasteiger partial charge in [-0.3, -0.25) is 4.79 Å². The third-order valence-electron chi connectivity index (χ3n) is 5.37. The molecule has 5 rings (SSSR count). The van der Waals surface area contributed by atoms with Crippen LogP contribution in [-0.2, 0) is 22.4 Å². The van der Waals surface area contributed by atoms with E-state index in [0.29, 0.717) is 6.61 Å². The van der Waals surface area contributed by atoms with Crippen LogP contribution < -0.4 is 0 Å². The molecular formula is C23H21N3O2S2. The Balaban J connectivity index is 1.68. The summed E-state index contributed by atoms with van der Waals surface area (Å²) in [7, 11) is 0. The Morgan fingerprint density at radius 2 is 1.93 bits per heavy atom. The molecule has 0 atom stereocenters. The summed E-state index contributed by atoms with van der Waals surface area (Å²) in [6.07, 6.45) is 6.08. The van der Waals surface area contributed by atoms with Crippen molar-refractivity contribution in [3.63, 3.8) is 0 Å². The molecule has 0 amide bonds. The number of fused-ring (bicyclic) bond motifs is 5. The Morgan fingerprint density at radius 1 is 1.13 bits per heavy atom. The maximum absolute atomic E-state index is 11.8. The van der Waals surface area contributed by atoms with Crippen molar-refractivity contribution in [2.45, 2.75) is 37.6 Å². The molecule has 3 aromatic heterocycles. The van der Waals surface area contributed by atoms with Crippen LogP contribution in [0.25, 0.3) is 31.7 Å². The number of rotatable bonds is 5. The number of pyridine rings is 1. The highest BCUT2D eigenvalue weighted by atomic mass is 32.2. The number of nitrogens with zero attached hydrogens (tertiary/aromatic N) is 3. The Labute approximate surface area is 182 Å². The lowest BCUT2D eigenvalue weighted by molar-refractivity contribution is -0.139. The Kier molecular flexibility index (Phi) is 5.39. The van der Waals surface area contributed by atoms with Gasteiger partial charge in [-0.15, -0.1) is 11.3 Å². The highest BCUT2D eigenvalue weighted by molar-refractivity contribution is 8.00. The van der Waals surface area contributed by atoms with E-state index in [0.717, 1.165) is 44.2 Å². The molecule has 0 saturated carbocycles. The maximum atomic E-state index is 11.8. The smallest absolute Gasteiger partial charge is 0.316 e. The Hall–Kier alpha value is -2.51. The normalized spacial score (nSPS) is 13.5. The van der Waals surface area contributed by atoms with Crippen molar-refractivity contribution in [1.82, 2.24) is 15.0 Å². The number of carbonyl (C=O) groups is 1. The summed E-state index contributed by atoms with van der Waals surface area (Å²) in [5.41, 5.74) is 5.97. The molecule has 0 N–H and O–H groups in total. The average Bonchev–Trinajstić information content (AvgIpc) is 3.17. The molecule has 0 aliphatic heterocycles. The van der Waals surface area contributed by atoms with Crippen molar-refractivity contribution >= 4 is 49.5 Å². The summed E-state index contributed by atoms with van der Waals surface area (Å²) in [6, 6.07) is 10.4. The SMILES string of the molecule is CCOC(=O)CSc1ncnc2c1sc1nc(-c3ccccc3)c3c(c12)CCCC3. The number of hydrogen-bond donors (Lipinski definition) is 0. The summed E-state index contributed by atoms with van der Waals surface area (Å²) in [5, 5.41) is 1.99. The van der Waals surface area contributed by atoms with Crippen molar-refractivity contribution in [2.24, 2.45) is 0 Å². The first-order chi connectivity index (χ1) is 14.8. The number of esters is 1. The zero-order valence-electron chi connectivity index (χ0n) is 16.7. The number of carbonyl (C=O) groups excluding carboxylic acids is 1. The van der Waals surface area contributed by atoms with Gasteiger partial charge in [-0.25, -0.2) is 15.0 Å². The molecule has 3 heterocycles. The van der Waals surface area contributed by atoms with Crippen LogP contribution >= 0.6 is 23.1 Å². The van der Waals surface area contributed by atoms with Crippen LogP contribution in [0.4, 0.5) is 0 Å². The molecule has 1 aliphatic rings. The van der Waals surface area contributed by atoms with E-state index in [4.69, 9.17) is 9.72 Å². The molecule has 0 unspecified atom stereocenters. The van der Waals surface area contributed by atoms with Gasteiger partial charge in [-0.05, 0) is 43.7 Å². The first-order valence-corrected chi connectivity index (χ1v) is 12.0. The summed E-state index contributed by atoms with van der Waals surface area (Å²) < 4.78 is 6.07. The Morgan fingerprint density at radius 3 is 2.73 bits per heavy atom. The van der Waals surface area contributed by atoms with Crippen molar-refractivity contribution in [3.8, 4) is 11.3 Å². The minimum Gasteiger partial charge on any atom is -0.465 e. The second-order valence-electron chi connectivity index (χ2n) is 7.22. The van der Waals surface area contributed by atoms with Gasteiger partial charge in [-0.1, -0.05) is 42.1 Å². The van der Waals surface area contributed by atoms with Gasteiger partial charge in [0.15, 0.2) is 0 Å². The van der Waals surface area contributed by atoms with Gasteiger partial charge in [0.2, 0.25) is 0 Å². The lowest BCUT2D eigenvalue weighted by Crippen LogP contribution is -2.07. The maximum Gasteiger partial charge on any atom is 0.316 e. The molecule has 0 radical (unpaired) electrons. The number of thioether (sulfide) groups is 1. The minimum absolute atomic E-state index is 0.225. The van der Waals surface area contributed by atoms with E-state index < -0.39 is 0 Å². The van der Waals surface area contributed by atoms with Gasteiger partial charge < -0.3 is 4.74 Å². The zero-order chi connectivity index (χ0) is 20.5. The molecule has 0 saturated heterocycles. The van der Waals surface area contributed by atoms with Crippen LogP contribution in [0.3, 0.4) is 0 Å². The molecule has 152 valence electrons. The van der Waals surface area contributed by atoms with E-state index in [1.807, 2.05) is 13.0 Å². The first kappa shape index (κ1) is 19.5. The molecule has 4 aromatic rings. The fourth-order valence-corrected chi connectivity index (χ4v) is 6.14. The third kappa shape index (κ3) is 3.46. The van der Waals surface area contributed by atoms with Gasteiger partial charge >= 0.3 is 5.97 Å². The van der Waals surface area contributed by atoms with E-state index >= 15 is 0 Å². The fraction of sp³-hybridized carbons (Fsp3) is 0.304. The number of aryl methyl sites for hydroxylation is 1. The molecule has 0 fully saturated rings. The largest absolute Gasteiger partial charge is 0.465 e. The summed E-state index contributed by atoms with van der Waals surface area (Å²) in [5.74, 6) is 0.0203. The second-order valence-corrected chi connectivity index (χ2v) is 9.19. The van der Waals surface area contributed by atoms with Gasteiger partial charge in [0, 0.05) is 10.9 Å². The summed E-state index contributed by atoms with van der Waals surface area (Å²) in [4.78, 5) is 27.0. The molecule has 0 bridgehead atoms. The van der Waals surface area contributed by atoms with Crippen LogP contribution in [0.1, 0.15) is 30.9 Å². The number of aromatic nitrogens is 3. The zero-order valence-corrected chi connectivity index (χ0v) is 18.3. The minimum atomic E-state index is -0.225. The second kappa shape index (κ2) is 8.32. The van der Waals surface area contributed by atoms with Crippen LogP contribution in [0.2, 0.25) is 0 Å². The van der Waals surface area contributed by atoms with Crippen LogP contribution in [0.15, 0.2) is 41.7 Å². The topological polar surface area (TPSA) is 65.0 Å². The molecule has 7 heteroatoms. The highest BCUT2D eigenvalue weighted by Crippen LogP contribution is 2.43. The van der Waals surface area contributed by atoms with E-state index in [9.17, 15) is 4.79 Å². The van der Waals surface area contributed by atoms with E-state index in [-0.39, 0.29) is 11.7 Å². The quantitative estimate of drug-likeness (QED) is 0.236. The average molecular weight is 436 g/mol. The van der Waals surface area contributed by atoms with Gasteiger partial charge in [0.05, 0.1) is 28.3 Å². The number of benzene rings is 1. The summed E-state index contributed by atoms with van der Waals surface area (Å²) >= 11 is 3.03. The van der Waals surface area contributed by atoms with Crippen molar-refractivity contribution in [3.05, 3.63) is 47.8 Å². The van der Waals surface area contributed by atoms with Crippen molar-refractivity contribution in [1.29, 1.82) is 0 Å². The lowest BCUT2D eigenvalue weighted by Gasteiger charge is -2.20. The number of thiophene rings is 1. The predicted octanol–water partition coefficient (Wildman–Crippen LogP) is 5.44. The summed E-state index contributed by atoms with van der Waals surface area (Å²) in [6.45, 7) is 2.20. The fourth-order valence-electron chi connectivity index (χ4n) is 4.11. The molecule has 30 heavy (non-hydrogen) atoms. The first-order valence-electron chi connectivity index (χ1n) is 10.2. The van der Waals surface area contributed by atoms with E-state index in [1.54, 1.807) is 17.7 Å².